The summed E-state index contributed by atoms with van der Waals surface area (Å²) in [4.78, 5) is 0. The molecule has 2 aliphatic rings. The Morgan fingerprint density at radius 2 is 0.630 bits per heavy atom. The molecule has 0 nitrogen and oxygen atoms in total. The van der Waals surface area contributed by atoms with E-state index in [-0.39, 0.29) is 43.0 Å². The van der Waals surface area contributed by atoms with Gasteiger partial charge in [0, 0.05) is 39.0 Å². The molecule has 0 saturated carbocycles. The van der Waals surface area contributed by atoms with Gasteiger partial charge in [0.25, 0.3) is 0 Å². The van der Waals surface area contributed by atoms with E-state index in [9.17, 15) is 0 Å². The third-order valence-corrected chi connectivity index (χ3v) is 6.16. The van der Waals surface area contributed by atoms with E-state index in [0.29, 0.717) is 11.8 Å². The van der Waals surface area contributed by atoms with E-state index in [1.165, 1.54) is 51.4 Å². The molecule has 0 spiro atoms. The molecule has 0 N–H and O–H groups in total. The van der Waals surface area contributed by atoms with Gasteiger partial charge in [0.1, 0.15) is 0 Å². The molecule has 0 atom stereocenters. The first kappa shape index (κ1) is 32.6. The fourth-order valence-corrected chi connectivity index (χ4v) is 2.38. The summed E-state index contributed by atoms with van der Waals surface area (Å²) < 4.78 is -0.333. The molecule has 27 heavy (non-hydrogen) atoms. The van der Waals surface area contributed by atoms with Crippen LogP contribution in [0.5, 0.6) is 0 Å². The minimum Gasteiger partial charge on any atom is -0.811 e. The SMILES string of the molecule is C1=C\CC/C=C\CC/1.C1=C\CC/C=C\CC/1.CC(C)C([S-])([S-])C(C)C.[Rh].[Rh]. The maximum Gasteiger partial charge on any atom is 0 e. The normalized spacial score (nSPS) is 21.0. The average molecular weight is 585 g/mol. The van der Waals surface area contributed by atoms with Crippen molar-refractivity contribution in [3.8, 4) is 0 Å². The molecule has 0 aromatic carbocycles. The van der Waals surface area contributed by atoms with Gasteiger partial charge in [-0.25, -0.2) is 0 Å². The minimum absolute atomic E-state index is 0. The van der Waals surface area contributed by atoms with E-state index >= 15 is 0 Å². The summed E-state index contributed by atoms with van der Waals surface area (Å²) in [6.07, 6.45) is 28.0. The maximum absolute atomic E-state index is 5.21. The Morgan fingerprint density at radius 3 is 0.704 bits per heavy atom. The van der Waals surface area contributed by atoms with Crippen molar-refractivity contribution in [1.29, 1.82) is 0 Å². The third kappa shape index (κ3) is 20.0. The Balaban J connectivity index is -0.000000309. The van der Waals surface area contributed by atoms with E-state index < -0.39 is 0 Å². The van der Waals surface area contributed by atoms with Crippen molar-refractivity contribution in [1.82, 2.24) is 0 Å². The average Bonchev–Trinajstić information content (AvgIpc) is 2.46. The zero-order valence-corrected chi connectivity index (χ0v) is 22.3. The Kier molecular flexibility index (Phi) is 26.1. The van der Waals surface area contributed by atoms with Crippen LogP contribution in [0.3, 0.4) is 0 Å². The number of hydrogen-bond donors (Lipinski definition) is 0. The fraction of sp³-hybridized carbons (Fsp3) is 0.652. The van der Waals surface area contributed by atoms with Crippen LogP contribution in [0.15, 0.2) is 48.6 Å². The smallest absolute Gasteiger partial charge is 0 e. The molecule has 0 bridgehead atoms. The molecular formula is C23H38Rh2S2-2. The molecule has 0 fully saturated rings. The van der Waals surface area contributed by atoms with Crippen molar-refractivity contribution in [3.63, 3.8) is 0 Å². The van der Waals surface area contributed by atoms with Crippen molar-refractivity contribution in [2.45, 2.75) is 83.1 Å². The Hall–Kier alpha value is 0.907. The summed E-state index contributed by atoms with van der Waals surface area (Å²) in [6.45, 7) is 8.33. The fourth-order valence-electron chi connectivity index (χ4n) is 2.38. The summed E-state index contributed by atoms with van der Waals surface area (Å²) in [5.41, 5.74) is 0. The van der Waals surface area contributed by atoms with Gasteiger partial charge >= 0.3 is 0 Å². The largest absolute Gasteiger partial charge is 0.811 e. The van der Waals surface area contributed by atoms with Crippen LogP contribution in [0.25, 0.3) is 0 Å². The standard InChI is InChI=1S/2C8H12.C7H16S2.2Rh/c2*1-2-4-6-8-7-5-3-1;1-5(2)7(8,9)6(3)4;;/h2*1-2,7-8H,3-6H2;5-6,8-9H,1-4H3;;/p-2/b2*2-1-,8-7-;;;. The van der Waals surface area contributed by atoms with Crippen LogP contribution in [0, 0.1) is 11.8 Å². The van der Waals surface area contributed by atoms with Gasteiger partial charge in [-0.3, -0.25) is 4.08 Å². The molecule has 0 aromatic rings. The Bertz CT molecular complexity index is 332. The van der Waals surface area contributed by atoms with Crippen molar-refractivity contribution >= 4 is 25.3 Å². The van der Waals surface area contributed by atoms with Gasteiger partial charge in [-0.2, -0.15) is 0 Å². The van der Waals surface area contributed by atoms with Crippen molar-refractivity contribution < 1.29 is 39.0 Å². The predicted octanol–water partition coefficient (Wildman–Crippen LogP) is 7.43. The molecule has 0 saturated heterocycles. The van der Waals surface area contributed by atoms with Crippen molar-refractivity contribution in [2.24, 2.45) is 11.8 Å². The van der Waals surface area contributed by atoms with E-state index in [1.54, 1.807) is 0 Å². The molecule has 0 heterocycles. The topological polar surface area (TPSA) is 0 Å². The first-order valence-electron chi connectivity index (χ1n) is 9.89. The molecule has 2 rings (SSSR count). The van der Waals surface area contributed by atoms with Crippen LogP contribution in [-0.4, -0.2) is 4.08 Å². The van der Waals surface area contributed by atoms with E-state index in [0.717, 1.165) is 0 Å². The third-order valence-electron chi connectivity index (χ3n) is 4.28. The second-order valence-electron chi connectivity index (χ2n) is 7.23. The van der Waals surface area contributed by atoms with Crippen LogP contribution in [0.2, 0.25) is 0 Å². The molecule has 162 valence electrons. The molecular weight excluding hydrogens is 546 g/mol. The predicted molar refractivity (Wildman–Crippen MR) is 121 cm³/mol. The second-order valence-corrected chi connectivity index (χ2v) is 8.84. The van der Waals surface area contributed by atoms with Crippen molar-refractivity contribution in [2.75, 3.05) is 0 Å². The summed E-state index contributed by atoms with van der Waals surface area (Å²) in [5, 5.41) is 0. The molecule has 4 heteroatoms. The Labute approximate surface area is 206 Å². The van der Waals surface area contributed by atoms with Gasteiger partial charge in [0.15, 0.2) is 0 Å². The molecule has 2 aliphatic carbocycles. The molecule has 2 radical (unpaired) electrons. The summed E-state index contributed by atoms with van der Waals surface area (Å²) >= 11 is 10.4. The van der Waals surface area contributed by atoms with Crippen LogP contribution >= 0.6 is 0 Å². The van der Waals surface area contributed by atoms with Gasteiger partial charge in [-0.05, 0) is 51.4 Å². The van der Waals surface area contributed by atoms with Gasteiger partial charge in [-0.15, -0.1) is 0 Å². The van der Waals surface area contributed by atoms with Crippen LogP contribution in [0.4, 0.5) is 0 Å². The minimum atomic E-state index is -0.333. The van der Waals surface area contributed by atoms with E-state index in [2.05, 4.69) is 76.3 Å². The first-order chi connectivity index (χ1) is 11.9. The molecule has 0 unspecified atom stereocenters. The van der Waals surface area contributed by atoms with Gasteiger partial charge in [-0.1, -0.05) is 88.1 Å². The maximum atomic E-state index is 5.21. The Morgan fingerprint density at radius 1 is 0.481 bits per heavy atom. The molecule has 0 aromatic heterocycles. The summed E-state index contributed by atoms with van der Waals surface area (Å²) in [7, 11) is 0. The molecule has 0 amide bonds. The first-order valence-corrected chi connectivity index (χ1v) is 10.7. The van der Waals surface area contributed by atoms with Gasteiger partial charge < -0.3 is 25.3 Å². The van der Waals surface area contributed by atoms with Crippen LogP contribution in [-0.2, 0) is 64.2 Å². The number of rotatable bonds is 2. The zero-order chi connectivity index (χ0) is 19.0. The van der Waals surface area contributed by atoms with E-state index in [1.807, 2.05) is 0 Å². The number of hydrogen-bond acceptors (Lipinski definition) is 2. The quantitative estimate of drug-likeness (QED) is 0.188. The summed E-state index contributed by atoms with van der Waals surface area (Å²) in [5.74, 6) is 0.838. The second kappa shape index (κ2) is 21.6. The zero-order valence-electron chi connectivity index (χ0n) is 17.4. The van der Waals surface area contributed by atoms with Crippen molar-refractivity contribution in [3.05, 3.63) is 48.6 Å². The van der Waals surface area contributed by atoms with E-state index in [4.69, 9.17) is 25.3 Å². The molecule has 0 aliphatic heterocycles. The summed E-state index contributed by atoms with van der Waals surface area (Å²) in [6, 6.07) is 0. The van der Waals surface area contributed by atoms with Gasteiger partial charge in [0.05, 0.1) is 0 Å². The van der Waals surface area contributed by atoms with Crippen LogP contribution in [0.1, 0.15) is 79.1 Å². The van der Waals surface area contributed by atoms with Crippen LogP contribution < -0.4 is 0 Å². The van der Waals surface area contributed by atoms with Gasteiger partial charge in [0.2, 0.25) is 0 Å². The number of allylic oxidation sites excluding steroid dienone is 8. The monoisotopic (exact) mass is 584 g/mol.